The number of hydrogen-bond acceptors (Lipinski definition) is 5. The molecule has 31 heavy (non-hydrogen) atoms. The topological polar surface area (TPSA) is 80.7 Å². The summed E-state index contributed by atoms with van der Waals surface area (Å²) in [6.45, 7) is 6.04. The standard InChI is InChI=1S/C24H26N4O3/c1-3-30-17-8-9-20-16(12-17)13-19(24(29)26-20)21-23(25-14-18-7-5-11-31-18)28-10-4-6-15(2)22(28)27-21/h4,6,8-10,12-13,18,25H,3,5,7,11,14H2,1-2H3,(H,26,29)/t18-/m0/s1. The van der Waals surface area contributed by atoms with Gasteiger partial charge >= 0.3 is 0 Å². The highest BCUT2D eigenvalue weighted by molar-refractivity contribution is 5.87. The van der Waals surface area contributed by atoms with E-state index in [2.05, 4.69) is 10.3 Å². The van der Waals surface area contributed by atoms with Crippen molar-refractivity contribution in [1.29, 1.82) is 0 Å². The van der Waals surface area contributed by atoms with E-state index in [0.29, 0.717) is 24.4 Å². The number of pyridine rings is 2. The lowest BCUT2D eigenvalue weighted by Gasteiger charge is -2.13. The van der Waals surface area contributed by atoms with Gasteiger partial charge in [-0.3, -0.25) is 9.20 Å². The zero-order valence-electron chi connectivity index (χ0n) is 17.8. The number of aromatic nitrogens is 3. The number of benzene rings is 1. The van der Waals surface area contributed by atoms with Crippen LogP contribution in [0.3, 0.4) is 0 Å². The average molecular weight is 418 g/mol. The van der Waals surface area contributed by atoms with E-state index in [4.69, 9.17) is 14.5 Å². The number of ether oxygens (including phenoxy) is 2. The highest BCUT2D eigenvalue weighted by atomic mass is 16.5. The third-order valence-corrected chi connectivity index (χ3v) is 5.75. The largest absolute Gasteiger partial charge is 0.494 e. The van der Waals surface area contributed by atoms with Gasteiger partial charge in [-0.2, -0.15) is 0 Å². The second-order valence-corrected chi connectivity index (χ2v) is 7.90. The minimum absolute atomic E-state index is 0.169. The summed E-state index contributed by atoms with van der Waals surface area (Å²) in [5.74, 6) is 1.58. The molecule has 4 heterocycles. The smallest absolute Gasteiger partial charge is 0.258 e. The van der Waals surface area contributed by atoms with Gasteiger partial charge in [0.05, 0.1) is 18.3 Å². The molecule has 0 radical (unpaired) electrons. The minimum Gasteiger partial charge on any atom is -0.494 e. The third-order valence-electron chi connectivity index (χ3n) is 5.75. The van der Waals surface area contributed by atoms with Gasteiger partial charge in [0.15, 0.2) is 0 Å². The van der Waals surface area contributed by atoms with Crippen molar-refractivity contribution >= 4 is 22.4 Å². The van der Waals surface area contributed by atoms with Crippen molar-refractivity contribution in [2.24, 2.45) is 0 Å². The molecule has 7 nitrogen and oxygen atoms in total. The molecule has 7 heteroatoms. The number of imidazole rings is 1. The Morgan fingerprint density at radius 3 is 3.03 bits per heavy atom. The number of hydrogen-bond donors (Lipinski definition) is 2. The molecule has 0 spiro atoms. The summed E-state index contributed by atoms with van der Waals surface area (Å²) in [5, 5.41) is 4.41. The van der Waals surface area contributed by atoms with Gasteiger partial charge in [-0.1, -0.05) is 6.07 Å². The molecule has 0 aliphatic carbocycles. The summed E-state index contributed by atoms with van der Waals surface area (Å²) in [5.41, 5.74) is 3.64. The van der Waals surface area contributed by atoms with E-state index < -0.39 is 0 Å². The van der Waals surface area contributed by atoms with E-state index >= 15 is 0 Å². The first-order valence-electron chi connectivity index (χ1n) is 10.8. The van der Waals surface area contributed by atoms with Crippen LogP contribution in [0.1, 0.15) is 25.3 Å². The molecule has 1 atom stereocenters. The minimum atomic E-state index is -0.169. The Morgan fingerprint density at radius 1 is 1.32 bits per heavy atom. The number of nitrogens with zero attached hydrogens (tertiary/aromatic N) is 2. The lowest BCUT2D eigenvalue weighted by Crippen LogP contribution is -2.20. The van der Waals surface area contributed by atoms with Crippen LogP contribution < -0.4 is 15.6 Å². The van der Waals surface area contributed by atoms with Gasteiger partial charge < -0.3 is 19.8 Å². The summed E-state index contributed by atoms with van der Waals surface area (Å²) >= 11 is 0. The van der Waals surface area contributed by atoms with Crippen LogP contribution in [0.4, 0.5) is 5.82 Å². The van der Waals surface area contributed by atoms with Crippen molar-refractivity contribution in [3.63, 3.8) is 0 Å². The van der Waals surface area contributed by atoms with Crippen molar-refractivity contribution in [2.45, 2.75) is 32.8 Å². The highest BCUT2D eigenvalue weighted by Gasteiger charge is 2.21. The van der Waals surface area contributed by atoms with Crippen LogP contribution in [0, 0.1) is 6.92 Å². The first-order valence-corrected chi connectivity index (χ1v) is 10.8. The van der Waals surface area contributed by atoms with E-state index in [1.165, 1.54) is 0 Å². The van der Waals surface area contributed by atoms with Crippen LogP contribution in [0.2, 0.25) is 0 Å². The van der Waals surface area contributed by atoms with E-state index in [1.54, 1.807) is 0 Å². The molecule has 3 aromatic heterocycles. The van der Waals surface area contributed by atoms with Gasteiger partial charge in [-0.15, -0.1) is 0 Å². The van der Waals surface area contributed by atoms with Crippen molar-refractivity contribution < 1.29 is 9.47 Å². The Hall–Kier alpha value is -3.32. The molecule has 1 fully saturated rings. The summed E-state index contributed by atoms with van der Waals surface area (Å²) in [6, 6.07) is 11.6. The maximum Gasteiger partial charge on any atom is 0.258 e. The van der Waals surface area contributed by atoms with Gasteiger partial charge in [0.1, 0.15) is 22.9 Å². The predicted molar refractivity (Wildman–Crippen MR) is 122 cm³/mol. The molecule has 4 aromatic rings. The van der Waals surface area contributed by atoms with Crippen LogP contribution >= 0.6 is 0 Å². The highest BCUT2D eigenvalue weighted by Crippen LogP contribution is 2.30. The number of H-pyrrole nitrogens is 1. The number of nitrogens with one attached hydrogen (secondary N) is 2. The Balaban J connectivity index is 1.65. The molecular weight excluding hydrogens is 392 g/mol. The van der Waals surface area contributed by atoms with Gasteiger partial charge in [0.25, 0.3) is 5.56 Å². The van der Waals surface area contributed by atoms with Crippen LogP contribution in [0.25, 0.3) is 27.8 Å². The van der Waals surface area contributed by atoms with Crippen LogP contribution in [0.5, 0.6) is 5.75 Å². The first kappa shape index (κ1) is 19.6. The number of anilines is 1. The van der Waals surface area contributed by atoms with Crippen molar-refractivity contribution in [1.82, 2.24) is 14.4 Å². The molecule has 0 amide bonds. The maximum atomic E-state index is 13.0. The van der Waals surface area contributed by atoms with Crippen molar-refractivity contribution in [2.75, 3.05) is 25.1 Å². The van der Waals surface area contributed by atoms with Crippen LogP contribution in [0.15, 0.2) is 47.4 Å². The number of aromatic amines is 1. The Bertz CT molecular complexity index is 1300. The monoisotopic (exact) mass is 418 g/mol. The lowest BCUT2D eigenvalue weighted by atomic mass is 10.1. The summed E-state index contributed by atoms with van der Waals surface area (Å²) in [6.07, 6.45) is 4.26. The molecule has 0 unspecified atom stereocenters. The number of fused-ring (bicyclic) bond motifs is 2. The summed E-state index contributed by atoms with van der Waals surface area (Å²) in [7, 11) is 0. The van der Waals surface area contributed by atoms with E-state index in [0.717, 1.165) is 53.1 Å². The zero-order valence-corrected chi connectivity index (χ0v) is 17.8. The summed E-state index contributed by atoms with van der Waals surface area (Å²) in [4.78, 5) is 20.9. The Morgan fingerprint density at radius 2 is 2.23 bits per heavy atom. The van der Waals surface area contributed by atoms with Crippen LogP contribution in [-0.2, 0) is 4.74 Å². The van der Waals surface area contributed by atoms with Gasteiger partial charge in [0.2, 0.25) is 0 Å². The first-order chi connectivity index (χ1) is 15.1. The molecule has 160 valence electrons. The molecule has 5 rings (SSSR count). The molecule has 0 saturated carbocycles. The molecular formula is C24H26N4O3. The van der Waals surface area contributed by atoms with E-state index in [1.807, 2.05) is 60.8 Å². The summed E-state index contributed by atoms with van der Waals surface area (Å²) < 4.78 is 13.4. The molecule has 1 saturated heterocycles. The molecule has 1 aliphatic heterocycles. The second-order valence-electron chi connectivity index (χ2n) is 7.90. The number of rotatable bonds is 6. The molecule has 0 bridgehead atoms. The predicted octanol–water partition coefficient (Wildman–Crippen LogP) is 4.14. The third kappa shape index (κ3) is 3.65. The van der Waals surface area contributed by atoms with E-state index in [-0.39, 0.29) is 11.7 Å². The van der Waals surface area contributed by atoms with Crippen molar-refractivity contribution in [3.05, 3.63) is 58.5 Å². The van der Waals surface area contributed by atoms with Gasteiger partial charge in [0, 0.05) is 30.3 Å². The zero-order chi connectivity index (χ0) is 21.4. The fourth-order valence-corrected chi connectivity index (χ4v) is 4.19. The maximum absolute atomic E-state index is 13.0. The second kappa shape index (κ2) is 8.07. The fraction of sp³-hybridized carbons (Fsp3) is 0.333. The van der Waals surface area contributed by atoms with Crippen LogP contribution in [-0.4, -0.2) is 40.2 Å². The van der Waals surface area contributed by atoms with E-state index in [9.17, 15) is 4.79 Å². The SMILES string of the molecule is CCOc1ccc2[nH]c(=O)c(-c3nc4c(C)cccn4c3NC[C@@H]3CCCO3)cc2c1. The molecule has 2 N–H and O–H groups in total. The van der Waals surface area contributed by atoms with Gasteiger partial charge in [-0.25, -0.2) is 4.98 Å². The fourth-order valence-electron chi connectivity index (χ4n) is 4.19. The molecule has 1 aromatic carbocycles. The number of aryl methyl sites for hydroxylation is 1. The Kier molecular flexibility index (Phi) is 5.11. The normalized spacial score (nSPS) is 16.3. The Labute approximate surface area is 180 Å². The van der Waals surface area contributed by atoms with Crippen molar-refractivity contribution in [3.8, 4) is 17.0 Å². The lowest BCUT2D eigenvalue weighted by molar-refractivity contribution is 0.120. The molecule has 1 aliphatic rings. The quantitative estimate of drug-likeness (QED) is 0.492. The average Bonchev–Trinajstić information content (AvgIpc) is 3.41. The van der Waals surface area contributed by atoms with Gasteiger partial charge in [-0.05, 0) is 62.6 Å².